The van der Waals surface area contributed by atoms with Crippen LogP contribution in [0.4, 0.5) is 5.69 Å². The number of rotatable bonds is 0. The van der Waals surface area contributed by atoms with Crippen molar-refractivity contribution >= 4 is 5.69 Å². The molecule has 2 heterocycles. The van der Waals surface area contributed by atoms with Gasteiger partial charge in [-0.1, -0.05) is 23.4 Å². The van der Waals surface area contributed by atoms with Gasteiger partial charge in [-0.15, -0.1) is 0 Å². The molecule has 0 spiro atoms. The number of hydrogen-bond donors (Lipinski definition) is 1. The van der Waals surface area contributed by atoms with Crippen molar-refractivity contribution in [2.45, 2.75) is 13.3 Å². The third-order valence-electron chi connectivity index (χ3n) is 2.81. The van der Waals surface area contributed by atoms with Crippen molar-refractivity contribution in [1.82, 2.24) is 5.16 Å². The van der Waals surface area contributed by atoms with Crippen molar-refractivity contribution in [2.24, 2.45) is 0 Å². The molecule has 0 atom stereocenters. The highest BCUT2D eigenvalue weighted by Crippen LogP contribution is 2.35. The zero-order valence-corrected chi connectivity index (χ0v) is 8.58. The quantitative estimate of drug-likeness (QED) is 0.710. The molecule has 0 fully saturated rings. The van der Waals surface area contributed by atoms with Gasteiger partial charge in [-0.2, -0.15) is 0 Å². The topological polar surface area (TPSA) is 38.1 Å². The van der Waals surface area contributed by atoms with Gasteiger partial charge >= 0.3 is 0 Å². The van der Waals surface area contributed by atoms with Crippen molar-refractivity contribution in [3.63, 3.8) is 0 Å². The molecular formula is C12H12N2O. The van der Waals surface area contributed by atoms with E-state index in [9.17, 15) is 0 Å². The van der Waals surface area contributed by atoms with Gasteiger partial charge in [-0.05, 0) is 13.0 Å². The Morgan fingerprint density at radius 3 is 3.13 bits per heavy atom. The average molecular weight is 200 g/mol. The van der Waals surface area contributed by atoms with Crippen LogP contribution < -0.4 is 5.32 Å². The molecule has 1 aromatic carbocycles. The molecule has 0 radical (unpaired) electrons. The van der Waals surface area contributed by atoms with E-state index >= 15 is 0 Å². The summed E-state index contributed by atoms with van der Waals surface area (Å²) in [6, 6.07) is 8.29. The standard InChI is InChI=1S/C12H12N2O/c1-8-12-9-4-2-3-5-10(9)13-7-6-11(12)14-15-8/h2-5,13H,6-7H2,1H3. The first-order valence-electron chi connectivity index (χ1n) is 5.14. The molecular weight excluding hydrogens is 188 g/mol. The zero-order chi connectivity index (χ0) is 10.3. The lowest BCUT2D eigenvalue weighted by Gasteiger charge is -2.06. The highest BCUT2D eigenvalue weighted by atomic mass is 16.5. The summed E-state index contributed by atoms with van der Waals surface area (Å²) in [6.07, 6.45) is 0.918. The predicted molar refractivity (Wildman–Crippen MR) is 58.9 cm³/mol. The lowest BCUT2D eigenvalue weighted by Crippen LogP contribution is -2.02. The normalized spacial score (nSPS) is 13.7. The van der Waals surface area contributed by atoms with Crippen molar-refractivity contribution in [3.8, 4) is 11.1 Å². The molecule has 0 saturated heterocycles. The second-order valence-electron chi connectivity index (χ2n) is 3.78. The van der Waals surface area contributed by atoms with Gasteiger partial charge < -0.3 is 9.84 Å². The van der Waals surface area contributed by atoms with E-state index in [2.05, 4.69) is 22.6 Å². The van der Waals surface area contributed by atoms with Gasteiger partial charge in [0.25, 0.3) is 0 Å². The largest absolute Gasteiger partial charge is 0.384 e. The van der Waals surface area contributed by atoms with E-state index in [1.54, 1.807) is 0 Å². The second kappa shape index (κ2) is 3.12. The predicted octanol–water partition coefficient (Wildman–Crippen LogP) is 2.62. The Kier molecular flexibility index (Phi) is 1.78. The Hall–Kier alpha value is -1.77. The van der Waals surface area contributed by atoms with Gasteiger partial charge in [0, 0.05) is 29.8 Å². The third-order valence-corrected chi connectivity index (χ3v) is 2.81. The first-order chi connectivity index (χ1) is 7.36. The fourth-order valence-corrected chi connectivity index (χ4v) is 2.10. The SMILES string of the molecule is Cc1onc2c1-c1ccccc1NCC2. The summed E-state index contributed by atoms with van der Waals surface area (Å²) in [6.45, 7) is 2.88. The first-order valence-corrected chi connectivity index (χ1v) is 5.14. The Balaban J connectivity index is 2.30. The molecule has 15 heavy (non-hydrogen) atoms. The van der Waals surface area contributed by atoms with Crippen LogP contribution in [-0.2, 0) is 6.42 Å². The molecule has 2 aromatic rings. The van der Waals surface area contributed by atoms with Gasteiger partial charge in [-0.25, -0.2) is 0 Å². The summed E-state index contributed by atoms with van der Waals surface area (Å²) in [5, 5.41) is 7.50. The van der Waals surface area contributed by atoms with E-state index in [4.69, 9.17) is 4.52 Å². The Morgan fingerprint density at radius 1 is 1.33 bits per heavy atom. The van der Waals surface area contributed by atoms with Crippen LogP contribution in [0.5, 0.6) is 0 Å². The monoisotopic (exact) mass is 200 g/mol. The maximum atomic E-state index is 5.25. The summed E-state index contributed by atoms with van der Waals surface area (Å²) in [5.74, 6) is 0.904. The Morgan fingerprint density at radius 2 is 2.20 bits per heavy atom. The Bertz CT molecular complexity index is 502. The van der Waals surface area contributed by atoms with Crippen molar-refractivity contribution in [2.75, 3.05) is 11.9 Å². The van der Waals surface area contributed by atoms with Crippen molar-refractivity contribution in [3.05, 3.63) is 35.7 Å². The van der Waals surface area contributed by atoms with E-state index in [-0.39, 0.29) is 0 Å². The second-order valence-corrected chi connectivity index (χ2v) is 3.78. The number of hydrogen-bond acceptors (Lipinski definition) is 3. The minimum atomic E-state index is 0.904. The molecule has 3 nitrogen and oxygen atoms in total. The van der Waals surface area contributed by atoms with Crippen LogP contribution in [-0.4, -0.2) is 11.7 Å². The number of aryl methyl sites for hydroxylation is 1. The summed E-state index contributed by atoms with van der Waals surface area (Å²) in [5.41, 5.74) is 4.59. The molecule has 3 rings (SSSR count). The van der Waals surface area contributed by atoms with E-state index < -0.39 is 0 Å². The number of para-hydroxylation sites is 1. The first kappa shape index (κ1) is 8.53. The maximum Gasteiger partial charge on any atom is 0.141 e. The van der Waals surface area contributed by atoms with Gasteiger partial charge in [0.05, 0.1) is 5.69 Å². The summed E-state index contributed by atoms with van der Waals surface area (Å²) < 4.78 is 5.25. The molecule has 0 aliphatic carbocycles. The fourth-order valence-electron chi connectivity index (χ4n) is 2.10. The van der Waals surface area contributed by atoms with E-state index in [0.29, 0.717) is 0 Å². The van der Waals surface area contributed by atoms with Crippen molar-refractivity contribution in [1.29, 1.82) is 0 Å². The number of nitrogens with zero attached hydrogens (tertiary/aromatic N) is 1. The van der Waals surface area contributed by atoms with Crippen LogP contribution in [0.1, 0.15) is 11.5 Å². The number of anilines is 1. The fraction of sp³-hybridized carbons (Fsp3) is 0.250. The molecule has 1 N–H and O–H groups in total. The highest BCUT2D eigenvalue weighted by molar-refractivity contribution is 5.81. The Labute approximate surface area is 88.1 Å². The number of benzene rings is 1. The van der Waals surface area contributed by atoms with Crippen molar-refractivity contribution < 1.29 is 4.52 Å². The molecule has 76 valence electrons. The molecule has 1 aromatic heterocycles. The third kappa shape index (κ3) is 1.23. The summed E-state index contributed by atoms with van der Waals surface area (Å²) >= 11 is 0. The minimum Gasteiger partial charge on any atom is -0.384 e. The summed E-state index contributed by atoms with van der Waals surface area (Å²) in [4.78, 5) is 0. The number of fused-ring (bicyclic) bond motifs is 3. The average Bonchev–Trinajstić information content (AvgIpc) is 2.52. The molecule has 0 saturated carbocycles. The van der Waals surface area contributed by atoms with E-state index in [0.717, 1.165) is 30.0 Å². The minimum absolute atomic E-state index is 0.904. The maximum absolute atomic E-state index is 5.25. The zero-order valence-electron chi connectivity index (χ0n) is 8.58. The van der Waals surface area contributed by atoms with Crippen LogP contribution >= 0.6 is 0 Å². The number of nitrogens with one attached hydrogen (secondary N) is 1. The number of aromatic nitrogens is 1. The summed E-state index contributed by atoms with van der Waals surface area (Å²) in [7, 11) is 0. The van der Waals surface area contributed by atoms with Gasteiger partial charge in [0.2, 0.25) is 0 Å². The van der Waals surface area contributed by atoms with E-state index in [1.165, 1.54) is 11.3 Å². The molecule has 0 amide bonds. The van der Waals surface area contributed by atoms with Crippen LogP contribution in [0.25, 0.3) is 11.1 Å². The van der Waals surface area contributed by atoms with Crippen LogP contribution in [0, 0.1) is 6.92 Å². The molecule has 1 aliphatic heterocycles. The molecule has 0 unspecified atom stereocenters. The molecule has 1 aliphatic rings. The lowest BCUT2D eigenvalue weighted by molar-refractivity contribution is 0.391. The van der Waals surface area contributed by atoms with Gasteiger partial charge in [-0.3, -0.25) is 0 Å². The van der Waals surface area contributed by atoms with Crippen LogP contribution in [0.2, 0.25) is 0 Å². The van der Waals surface area contributed by atoms with Gasteiger partial charge in [0.15, 0.2) is 0 Å². The molecule has 3 heteroatoms. The molecule has 0 bridgehead atoms. The highest BCUT2D eigenvalue weighted by Gasteiger charge is 2.19. The van der Waals surface area contributed by atoms with Gasteiger partial charge in [0.1, 0.15) is 5.76 Å². The smallest absolute Gasteiger partial charge is 0.141 e. The van der Waals surface area contributed by atoms with Crippen LogP contribution in [0.15, 0.2) is 28.8 Å². The van der Waals surface area contributed by atoms with Crippen LogP contribution in [0.3, 0.4) is 0 Å². The lowest BCUT2D eigenvalue weighted by atomic mass is 10.0. The van der Waals surface area contributed by atoms with E-state index in [1.807, 2.05) is 19.1 Å².